The Labute approximate surface area is 207 Å². The van der Waals surface area contributed by atoms with Gasteiger partial charge < -0.3 is 14.7 Å². The van der Waals surface area contributed by atoms with Gasteiger partial charge in [0.2, 0.25) is 5.95 Å². The highest BCUT2D eigenvalue weighted by Gasteiger charge is 2.26. The van der Waals surface area contributed by atoms with E-state index < -0.39 is 5.91 Å². The molecule has 5 rings (SSSR count). The first-order chi connectivity index (χ1) is 17.1. The minimum Gasteiger partial charge on any atom is -0.370 e. The standard InChI is InChI=1S/C25H25N7O2S/c1-30(19-6-3-2-4-7-19)22-17-18(16-21-23(33)29-25(34)35-21)27-24(28-22)32-13-5-12-31(14-15-32)20-8-10-26-11-9-20/h2-4,6-11,16-17H,5,12-15H2,1H3,(H,29,33,34). The lowest BCUT2D eigenvalue weighted by atomic mass is 10.2. The van der Waals surface area contributed by atoms with Crippen LogP contribution in [0.25, 0.3) is 6.08 Å². The summed E-state index contributed by atoms with van der Waals surface area (Å²) in [6.45, 7) is 3.32. The predicted octanol–water partition coefficient (Wildman–Crippen LogP) is 3.68. The SMILES string of the molecule is CN(c1ccccc1)c1cc(C=C2SC(=O)NC2=O)nc(N2CCCN(c3ccncc3)CC2)n1. The van der Waals surface area contributed by atoms with Crippen molar-refractivity contribution in [1.82, 2.24) is 20.3 Å². The number of nitrogens with zero attached hydrogens (tertiary/aromatic N) is 6. The van der Waals surface area contributed by atoms with Crippen molar-refractivity contribution in [1.29, 1.82) is 0 Å². The van der Waals surface area contributed by atoms with Crippen molar-refractivity contribution >= 4 is 52.1 Å². The number of imide groups is 1. The molecule has 4 heterocycles. The fourth-order valence-corrected chi connectivity index (χ4v) is 4.76. The average Bonchev–Trinajstić information content (AvgIpc) is 3.07. The van der Waals surface area contributed by atoms with Crippen molar-refractivity contribution in [2.45, 2.75) is 6.42 Å². The van der Waals surface area contributed by atoms with E-state index in [4.69, 9.17) is 9.97 Å². The molecule has 2 saturated heterocycles. The summed E-state index contributed by atoms with van der Waals surface area (Å²) in [5.74, 6) is 0.905. The zero-order chi connectivity index (χ0) is 24.2. The molecule has 2 fully saturated rings. The van der Waals surface area contributed by atoms with Gasteiger partial charge in [-0.15, -0.1) is 0 Å². The maximum Gasteiger partial charge on any atom is 0.290 e. The van der Waals surface area contributed by atoms with Gasteiger partial charge in [-0.3, -0.25) is 19.9 Å². The number of amides is 2. The van der Waals surface area contributed by atoms with Crippen LogP contribution in [0.3, 0.4) is 0 Å². The molecule has 2 amide bonds. The summed E-state index contributed by atoms with van der Waals surface area (Å²) in [7, 11) is 1.95. The van der Waals surface area contributed by atoms with Crippen LogP contribution >= 0.6 is 11.8 Å². The fraction of sp³-hybridized carbons (Fsp3) is 0.240. The number of carbonyl (C=O) groups is 2. The largest absolute Gasteiger partial charge is 0.370 e. The number of aromatic nitrogens is 3. The van der Waals surface area contributed by atoms with Crippen molar-refractivity contribution in [3.8, 4) is 0 Å². The molecule has 3 aromatic rings. The number of hydrogen-bond acceptors (Lipinski definition) is 9. The third-order valence-corrected chi connectivity index (χ3v) is 6.75. The Hall–Kier alpha value is -3.92. The van der Waals surface area contributed by atoms with Gasteiger partial charge in [-0.25, -0.2) is 4.98 Å². The normalized spacial score (nSPS) is 17.5. The van der Waals surface area contributed by atoms with Gasteiger partial charge in [0.1, 0.15) is 5.82 Å². The maximum atomic E-state index is 12.1. The van der Waals surface area contributed by atoms with Gasteiger partial charge in [0.25, 0.3) is 11.1 Å². The van der Waals surface area contributed by atoms with E-state index in [1.807, 2.05) is 72.9 Å². The zero-order valence-electron chi connectivity index (χ0n) is 19.3. The van der Waals surface area contributed by atoms with Gasteiger partial charge in [-0.2, -0.15) is 4.98 Å². The van der Waals surface area contributed by atoms with E-state index >= 15 is 0 Å². The van der Waals surface area contributed by atoms with Crippen LogP contribution in [-0.4, -0.2) is 59.3 Å². The molecule has 2 aliphatic heterocycles. The van der Waals surface area contributed by atoms with Crippen LogP contribution < -0.4 is 20.0 Å². The van der Waals surface area contributed by atoms with E-state index in [2.05, 4.69) is 20.1 Å². The smallest absolute Gasteiger partial charge is 0.290 e. The van der Waals surface area contributed by atoms with Gasteiger partial charge in [0, 0.05) is 63.1 Å². The summed E-state index contributed by atoms with van der Waals surface area (Å²) >= 11 is 0.884. The number of benzene rings is 1. The highest BCUT2D eigenvalue weighted by molar-refractivity contribution is 8.18. The van der Waals surface area contributed by atoms with Gasteiger partial charge in [0.05, 0.1) is 10.6 Å². The Morgan fingerprint density at radius 2 is 1.71 bits per heavy atom. The van der Waals surface area contributed by atoms with Crippen LogP contribution in [0.2, 0.25) is 0 Å². The lowest BCUT2D eigenvalue weighted by Crippen LogP contribution is -2.32. The first kappa shape index (κ1) is 22.9. The van der Waals surface area contributed by atoms with Crippen LogP contribution in [0.4, 0.5) is 27.9 Å². The van der Waals surface area contributed by atoms with E-state index in [1.54, 1.807) is 6.08 Å². The second-order valence-corrected chi connectivity index (χ2v) is 9.25. The predicted molar refractivity (Wildman–Crippen MR) is 139 cm³/mol. The number of thioether (sulfide) groups is 1. The summed E-state index contributed by atoms with van der Waals surface area (Å²) in [5, 5.41) is 1.93. The van der Waals surface area contributed by atoms with Crippen molar-refractivity contribution < 1.29 is 9.59 Å². The van der Waals surface area contributed by atoms with Crippen LogP contribution in [0.1, 0.15) is 12.1 Å². The molecule has 9 nitrogen and oxygen atoms in total. The van der Waals surface area contributed by atoms with Gasteiger partial charge >= 0.3 is 0 Å². The third kappa shape index (κ3) is 5.27. The number of rotatable bonds is 5. The first-order valence-electron chi connectivity index (χ1n) is 11.4. The Morgan fingerprint density at radius 1 is 0.971 bits per heavy atom. The van der Waals surface area contributed by atoms with Gasteiger partial charge in [-0.1, -0.05) is 18.2 Å². The van der Waals surface area contributed by atoms with E-state index in [0.717, 1.165) is 55.7 Å². The Morgan fingerprint density at radius 3 is 2.46 bits per heavy atom. The molecule has 1 N–H and O–H groups in total. The topological polar surface area (TPSA) is 94.6 Å². The van der Waals surface area contributed by atoms with Crippen LogP contribution in [0.5, 0.6) is 0 Å². The summed E-state index contributed by atoms with van der Waals surface area (Å²) in [4.78, 5) is 44.4. The molecule has 10 heteroatoms. The van der Waals surface area contributed by atoms with Gasteiger partial charge in [0.15, 0.2) is 0 Å². The highest BCUT2D eigenvalue weighted by atomic mass is 32.2. The van der Waals surface area contributed by atoms with Crippen LogP contribution in [0.15, 0.2) is 65.8 Å². The number of carbonyl (C=O) groups excluding carboxylic acids is 2. The van der Waals surface area contributed by atoms with Crippen molar-refractivity contribution in [3.63, 3.8) is 0 Å². The number of pyridine rings is 1. The van der Waals surface area contributed by atoms with Crippen LogP contribution in [-0.2, 0) is 4.79 Å². The van der Waals surface area contributed by atoms with Crippen molar-refractivity contribution in [3.05, 3.63) is 71.5 Å². The van der Waals surface area contributed by atoms with E-state index in [0.29, 0.717) is 22.4 Å². The Balaban J connectivity index is 1.47. The lowest BCUT2D eigenvalue weighted by molar-refractivity contribution is -0.115. The summed E-state index contributed by atoms with van der Waals surface area (Å²) < 4.78 is 0. The second kappa shape index (κ2) is 10.1. The molecule has 0 aliphatic carbocycles. The number of nitrogens with one attached hydrogen (secondary N) is 1. The molecule has 2 aliphatic rings. The number of hydrogen-bond donors (Lipinski definition) is 1. The third-order valence-electron chi connectivity index (χ3n) is 5.94. The zero-order valence-corrected chi connectivity index (χ0v) is 20.1. The Kier molecular flexibility index (Phi) is 6.62. The molecule has 178 valence electrons. The Bertz CT molecular complexity index is 1250. The quantitative estimate of drug-likeness (QED) is 0.541. The summed E-state index contributed by atoms with van der Waals surface area (Å²) in [6, 6.07) is 15.8. The maximum absolute atomic E-state index is 12.1. The molecule has 0 atom stereocenters. The number of anilines is 4. The van der Waals surface area contributed by atoms with E-state index in [1.165, 1.54) is 0 Å². The van der Waals surface area contributed by atoms with Gasteiger partial charge in [-0.05, 0) is 48.5 Å². The average molecular weight is 488 g/mol. The van der Waals surface area contributed by atoms with Crippen molar-refractivity contribution in [2.75, 3.05) is 47.9 Å². The molecule has 2 aromatic heterocycles. The summed E-state index contributed by atoms with van der Waals surface area (Å²) in [6.07, 6.45) is 6.23. The number of para-hydroxylation sites is 1. The molecule has 0 bridgehead atoms. The molecular weight excluding hydrogens is 462 g/mol. The second-order valence-electron chi connectivity index (χ2n) is 8.23. The minimum absolute atomic E-state index is 0.327. The van der Waals surface area contributed by atoms with E-state index in [-0.39, 0.29) is 5.24 Å². The molecule has 0 spiro atoms. The highest BCUT2D eigenvalue weighted by Crippen LogP contribution is 2.29. The molecule has 0 radical (unpaired) electrons. The van der Waals surface area contributed by atoms with Crippen molar-refractivity contribution in [2.24, 2.45) is 0 Å². The molecule has 0 saturated carbocycles. The lowest BCUT2D eigenvalue weighted by Gasteiger charge is -2.25. The molecule has 0 unspecified atom stereocenters. The molecule has 35 heavy (non-hydrogen) atoms. The first-order valence-corrected chi connectivity index (χ1v) is 12.2. The molecular formula is C25H25N7O2S. The minimum atomic E-state index is -0.402. The van der Waals surface area contributed by atoms with Crippen LogP contribution in [0, 0.1) is 0 Å². The molecule has 1 aromatic carbocycles. The fourth-order valence-electron chi connectivity index (χ4n) is 4.10. The monoisotopic (exact) mass is 487 g/mol. The summed E-state index contributed by atoms with van der Waals surface area (Å²) in [5.41, 5.74) is 2.72. The van der Waals surface area contributed by atoms with E-state index in [9.17, 15) is 9.59 Å².